The minimum atomic E-state index is -0.412. The van der Waals surface area contributed by atoms with Gasteiger partial charge in [-0.15, -0.1) is 0 Å². The average Bonchev–Trinajstić information content (AvgIpc) is 2.76. The lowest BCUT2D eigenvalue weighted by Gasteiger charge is -2.03. The maximum absolute atomic E-state index is 10.9. The zero-order valence-electron chi connectivity index (χ0n) is 10.1. The molecular formula is C13H15N3O2. The van der Waals surface area contributed by atoms with Gasteiger partial charge in [0.2, 0.25) is 11.8 Å². The van der Waals surface area contributed by atoms with Crippen LogP contribution >= 0.6 is 0 Å². The van der Waals surface area contributed by atoms with Gasteiger partial charge in [0.05, 0.1) is 12.7 Å². The molecule has 0 bridgehead atoms. The third-order valence-corrected chi connectivity index (χ3v) is 2.51. The normalized spacial score (nSPS) is 10.5. The van der Waals surface area contributed by atoms with Crippen LogP contribution in [-0.2, 0) is 13.1 Å². The maximum Gasteiger partial charge on any atom is 0.248 e. The molecule has 1 aromatic heterocycles. The van der Waals surface area contributed by atoms with Crippen LogP contribution in [-0.4, -0.2) is 10.9 Å². The molecule has 0 unspecified atom stereocenters. The van der Waals surface area contributed by atoms with E-state index < -0.39 is 5.91 Å². The highest BCUT2D eigenvalue weighted by Gasteiger charge is 2.01. The van der Waals surface area contributed by atoms with Crippen LogP contribution in [0.2, 0.25) is 0 Å². The molecular weight excluding hydrogens is 230 g/mol. The van der Waals surface area contributed by atoms with Crippen LogP contribution < -0.4 is 11.1 Å². The number of rotatable bonds is 5. The molecule has 0 aliphatic heterocycles. The van der Waals surface area contributed by atoms with E-state index in [9.17, 15) is 4.79 Å². The van der Waals surface area contributed by atoms with Crippen molar-refractivity contribution in [3.8, 4) is 0 Å². The molecule has 2 rings (SSSR count). The molecule has 0 saturated carbocycles. The van der Waals surface area contributed by atoms with Gasteiger partial charge in [-0.2, -0.15) is 0 Å². The van der Waals surface area contributed by atoms with E-state index in [-0.39, 0.29) is 0 Å². The molecule has 0 aliphatic rings. The number of hydrogen-bond acceptors (Lipinski definition) is 4. The Hall–Kier alpha value is -2.14. The summed E-state index contributed by atoms with van der Waals surface area (Å²) in [6, 6.07) is 7.17. The second-order valence-corrected chi connectivity index (χ2v) is 4.03. The number of carbonyl (C=O) groups excluding carboxylic acids is 1. The van der Waals surface area contributed by atoms with E-state index in [2.05, 4.69) is 10.3 Å². The third-order valence-electron chi connectivity index (χ3n) is 2.51. The molecule has 5 nitrogen and oxygen atoms in total. The Labute approximate surface area is 105 Å². The lowest BCUT2D eigenvalue weighted by molar-refractivity contribution is 0.100. The zero-order valence-corrected chi connectivity index (χ0v) is 10.1. The Bertz CT molecular complexity index is 531. The topological polar surface area (TPSA) is 81.1 Å². The highest BCUT2D eigenvalue weighted by atomic mass is 16.4. The van der Waals surface area contributed by atoms with Crippen LogP contribution in [0.1, 0.15) is 27.6 Å². The minimum absolute atomic E-state index is 0.412. The first-order valence-corrected chi connectivity index (χ1v) is 5.66. The van der Waals surface area contributed by atoms with Gasteiger partial charge in [0, 0.05) is 12.1 Å². The predicted molar refractivity (Wildman–Crippen MR) is 66.7 cm³/mol. The summed E-state index contributed by atoms with van der Waals surface area (Å²) in [6.45, 7) is 3.12. The van der Waals surface area contributed by atoms with Crippen molar-refractivity contribution in [2.75, 3.05) is 0 Å². The lowest BCUT2D eigenvalue weighted by atomic mass is 10.1. The van der Waals surface area contributed by atoms with Crippen molar-refractivity contribution in [2.45, 2.75) is 20.0 Å². The molecule has 3 N–H and O–H groups in total. The van der Waals surface area contributed by atoms with Crippen LogP contribution in [0.3, 0.4) is 0 Å². The molecule has 0 saturated heterocycles. The van der Waals surface area contributed by atoms with Crippen molar-refractivity contribution in [1.29, 1.82) is 0 Å². The smallest absolute Gasteiger partial charge is 0.248 e. The summed E-state index contributed by atoms with van der Waals surface area (Å²) >= 11 is 0. The first-order valence-electron chi connectivity index (χ1n) is 5.66. The van der Waals surface area contributed by atoms with E-state index in [4.69, 9.17) is 10.2 Å². The fourth-order valence-electron chi connectivity index (χ4n) is 1.58. The van der Waals surface area contributed by atoms with Crippen LogP contribution in [0, 0.1) is 6.92 Å². The molecule has 5 heteroatoms. The van der Waals surface area contributed by atoms with Crippen molar-refractivity contribution in [3.05, 3.63) is 53.2 Å². The number of benzene rings is 1. The van der Waals surface area contributed by atoms with Gasteiger partial charge in [-0.1, -0.05) is 12.1 Å². The van der Waals surface area contributed by atoms with E-state index in [1.54, 1.807) is 18.3 Å². The van der Waals surface area contributed by atoms with Gasteiger partial charge in [-0.25, -0.2) is 4.98 Å². The molecule has 1 heterocycles. The summed E-state index contributed by atoms with van der Waals surface area (Å²) in [5.41, 5.74) is 6.76. The number of aryl methyl sites for hydroxylation is 1. The van der Waals surface area contributed by atoms with Gasteiger partial charge in [0.15, 0.2) is 0 Å². The number of oxazole rings is 1. The number of carbonyl (C=O) groups is 1. The summed E-state index contributed by atoms with van der Waals surface area (Å²) in [5, 5.41) is 3.21. The second-order valence-electron chi connectivity index (χ2n) is 4.03. The third kappa shape index (κ3) is 3.18. The number of hydrogen-bond donors (Lipinski definition) is 2. The van der Waals surface area contributed by atoms with Crippen molar-refractivity contribution in [2.24, 2.45) is 5.73 Å². The molecule has 0 atom stereocenters. The van der Waals surface area contributed by atoms with Gasteiger partial charge in [0.1, 0.15) is 5.76 Å². The first-order chi connectivity index (χ1) is 8.65. The predicted octanol–water partition coefficient (Wildman–Crippen LogP) is 1.37. The van der Waals surface area contributed by atoms with Gasteiger partial charge in [0.25, 0.3) is 0 Å². The highest BCUT2D eigenvalue weighted by Crippen LogP contribution is 2.05. The summed E-state index contributed by atoms with van der Waals surface area (Å²) < 4.78 is 5.34. The first kappa shape index (κ1) is 12.3. The van der Waals surface area contributed by atoms with E-state index >= 15 is 0 Å². The van der Waals surface area contributed by atoms with Gasteiger partial charge in [-0.05, 0) is 24.6 Å². The van der Waals surface area contributed by atoms with E-state index in [1.807, 2.05) is 19.1 Å². The highest BCUT2D eigenvalue weighted by molar-refractivity contribution is 5.92. The molecule has 0 fully saturated rings. The van der Waals surface area contributed by atoms with Crippen LogP contribution in [0.5, 0.6) is 0 Å². The Kier molecular flexibility index (Phi) is 3.74. The molecule has 1 amide bonds. The second kappa shape index (κ2) is 5.46. The largest absolute Gasteiger partial charge is 0.445 e. The summed E-state index contributed by atoms with van der Waals surface area (Å²) in [5.74, 6) is 1.06. The average molecular weight is 245 g/mol. The minimum Gasteiger partial charge on any atom is -0.445 e. The van der Waals surface area contributed by atoms with Crippen molar-refractivity contribution in [1.82, 2.24) is 10.3 Å². The Morgan fingerprint density at radius 2 is 2.06 bits per heavy atom. The van der Waals surface area contributed by atoms with E-state index in [0.717, 1.165) is 11.3 Å². The number of nitrogens with one attached hydrogen (secondary N) is 1. The molecule has 0 radical (unpaired) electrons. The number of amides is 1. The number of aromatic nitrogens is 1. The van der Waals surface area contributed by atoms with Crippen LogP contribution in [0.25, 0.3) is 0 Å². The lowest BCUT2D eigenvalue weighted by Crippen LogP contribution is -2.14. The van der Waals surface area contributed by atoms with Crippen molar-refractivity contribution in [3.63, 3.8) is 0 Å². The van der Waals surface area contributed by atoms with Gasteiger partial charge in [-0.3, -0.25) is 4.79 Å². The van der Waals surface area contributed by atoms with Crippen molar-refractivity contribution < 1.29 is 9.21 Å². The standard InChI is InChI=1S/C13H15N3O2/c1-9-6-16-12(18-9)8-15-7-10-2-4-11(5-3-10)13(14)17/h2-6,15H,7-8H2,1H3,(H2,14,17). The summed E-state index contributed by atoms with van der Waals surface area (Å²) in [4.78, 5) is 15.0. The van der Waals surface area contributed by atoms with E-state index in [1.165, 1.54) is 0 Å². The summed E-state index contributed by atoms with van der Waals surface area (Å²) in [6.07, 6.45) is 1.69. The number of nitrogens with zero attached hydrogens (tertiary/aromatic N) is 1. The fraction of sp³-hybridized carbons (Fsp3) is 0.231. The Morgan fingerprint density at radius 1 is 1.33 bits per heavy atom. The van der Waals surface area contributed by atoms with Crippen LogP contribution in [0.15, 0.2) is 34.9 Å². The van der Waals surface area contributed by atoms with E-state index in [0.29, 0.717) is 24.5 Å². The van der Waals surface area contributed by atoms with Crippen LogP contribution in [0.4, 0.5) is 0 Å². The Morgan fingerprint density at radius 3 is 2.61 bits per heavy atom. The molecule has 2 aromatic rings. The maximum atomic E-state index is 10.9. The molecule has 18 heavy (non-hydrogen) atoms. The van der Waals surface area contributed by atoms with Gasteiger partial charge >= 0.3 is 0 Å². The fourth-order valence-corrected chi connectivity index (χ4v) is 1.58. The monoisotopic (exact) mass is 245 g/mol. The quantitative estimate of drug-likeness (QED) is 0.833. The number of primary amides is 1. The SMILES string of the molecule is Cc1cnc(CNCc2ccc(C(N)=O)cc2)o1. The Balaban J connectivity index is 1.85. The molecule has 0 aliphatic carbocycles. The molecule has 1 aromatic carbocycles. The molecule has 0 spiro atoms. The summed E-state index contributed by atoms with van der Waals surface area (Å²) in [7, 11) is 0. The van der Waals surface area contributed by atoms with Crippen molar-refractivity contribution >= 4 is 5.91 Å². The zero-order chi connectivity index (χ0) is 13.0. The van der Waals surface area contributed by atoms with Gasteiger partial charge < -0.3 is 15.5 Å². The molecule has 94 valence electrons. The number of nitrogens with two attached hydrogens (primary N) is 1.